The van der Waals surface area contributed by atoms with Crippen LogP contribution in [-0.4, -0.2) is 53.5 Å². The van der Waals surface area contributed by atoms with Crippen molar-refractivity contribution in [2.75, 3.05) is 11.9 Å². The van der Waals surface area contributed by atoms with Gasteiger partial charge >= 0.3 is 12.2 Å². The molecule has 2 atom stereocenters. The fraction of sp³-hybridized carbons (Fsp3) is 0.367. The third kappa shape index (κ3) is 13.1. The number of nitro groups is 1. The summed E-state index contributed by atoms with van der Waals surface area (Å²) in [5, 5.41) is 21.3. The molecule has 0 spiro atoms. The molecule has 0 aromatic heterocycles. The molecule has 5 amide bonds. The molecule has 0 aliphatic rings. The molecule has 2 aromatic carbocycles. The molecule has 2 rings (SSSR count). The number of nitro benzene ring substituents is 1. The Morgan fingerprint density at radius 3 is 2.24 bits per heavy atom. The smallest absolute Gasteiger partial charge is 0.429 e. The molecule has 0 saturated carbocycles. The van der Waals surface area contributed by atoms with Crippen LogP contribution in [0.3, 0.4) is 0 Å². The zero-order chi connectivity index (χ0) is 33.4. The molecule has 0 heterocycles. The van der Waals surface area contributed by atoms with E-state index in [-0.39, 0.29) is 49.3 Å². The van der Waals surface area contributed by atoms with Crippen molar-refractivity contribution in [3.63, 3.8) is 0 Å². The van der Waals surface area contributed by atoms with Gasteiger partial charge in [-0.3, -0.25) is 24.5 Å². The number of hydrogen-bond donors (Lipinski definition) is 5. The van der Waals surface area contributed by atoms with Gasteiger partial charge in [0, 0.05) is 30.8 Å². The van der Waals surface area contributed by atoms with Crippen LogP contribution in [0.4, 0.5) is 21.0 Å². The standard InChI is InChI=1S/C30H38N6O9/c1-4-5-8-25(37)35-26(19(2)3)28(39)34-24(7-6-17-32-29(31)40)27(38)33-21-11-9-20(10-12-21)18-44-30(41)45-23-15-13-22(14-16-23)36(42)43/h4,9-16,19,24,26H,1,5-8,17-18H2,2-3H3,(H,33,38)(H,34,39)(H,35,37)(H3,31,32,40)/t24-,26-/m0/s1. The highest BCUT2D eigenvalue weighted by Crippen LogP contribution is 2.18. The number of nitrogens with zero attached hydrogens (tertiary/aromatic N) is 1. The van der Waals surface area contributed by atoms with E-state index in [9.17, 15) is 34.1 Å². The highest BCUT2D eigenvalue weighted by molar-refractivity contribution is 5.98. The Labute approximate surface area is 260 Å². The monoisotopic (exact) mass is 626 g/mol. The van der Waals surface area contributed by atoms with Crippen LogP contribution in [0.5, 0.6) is 5.75 Å². The zero-order valence-electron chi connectivity index (χ0n) is 25.1. The molecule has 0 aliphatic carbocycles. The van der Waals surface area contributed by atoms with E-state index in [1.807, 2.05) is 0 Å². The molecule has 0 saturated heterocycles. The number of nitrogens with one attached hydrogen (secondary N) is 4. The third-order valence-corrected chi connectivity index (χ3v) is 6.27. The maximum absolute atomic E-state index is 13.2. The van der Waals surface area contributed by atoms with Gasteiger partial charge in [-0.25, -0.2) is 9.59 Å². The van der Waals surface area contributed by atoms with E-state index in [1.165, 1.54) is 24.3 Å². The maximum Gasteiger partial charge on any atom is 0.514 e. The Morgan fingerprint density at radius 2 is 1.67 bits per heavy atom. The van der Waals surface area contributed by atoms with E-state index in [0.717, 1.165) is 0 Å². The lowest BCUT2D eigenvalue weighted by molar-refractivity contribution is -0.384. The lowest BCUT2D eigenvalue weighted by atomic mass is 10.0. The predicted octanol–water partition coefficient (Wildman–Crippen LogP) is 3.29. The number of nitrogens with two attached hydrogens (primary N) is 1. The number of urea groups is 1. The van der Waals surface area contributed by atoms with Crippen LogP contribution in [0.15, 0.2) is 61.2 Å². The summed E-state index contributed by atoms with van der Waals surface area (Å²) < 4.78 is 10.1. The number of ether oxygens (including phenoxy) is 2. The molecule has 2 aromatic rings. The Hall–Kier alpha value is -5.47. The Morgan fingerprint density at radius 1 is 1.00 bits per heavy atom. The van der Waals surface area contributed by atoms with E-state index in [0.29, 0.717) is 24.1 Å². The van der Waals surface area contributed by atoms with Crippen LogP contribution < -0.4 is 31.7 Å². The summed E-state index contributed by atoms with van der Waals surface area (Å²) in [7, 11) is 0. The van der Waals surface area contributed by atoms with Gasteiger partial charge in [0.1, 0.15) is 24.4 Å². The van der Waals surface area contributed by atoms with E-state index < -0.39 is 41.0 Å². The number of primary amides is 1. The summed E-state index contributed by atoms with van der Waals surface area (Å²) in [5.41, 5.74) is 5.92. The van der Waals surface area contributed by atoms with Gasteiger partial charge in [0.25, 0.3) is 5.69 Å². The van der Waals surface area contributed by atoms with Gasteiger partial charge in [-0.2, -0.15) is 0 Å². The van der Waals surface area contributed by atoms with Gasteiger partial charge in [0.05, 0.1) is 4.92 Å². The molecule has 0 radical (unpaired) electrons. The summed E-state index contributed by atoms with van der Waals surface area (Å²) in [6, 6.07) is 8.67. The van der Waals surface area contributed by atoms with E-state index in [2.05, 4.69) is 27.8 Å². The largest absolute Gasteiger partial charge is 0.514 e. The van der Waals surface area contributed by atoms with Crippen molar-refractivity contribution in [3.8, 4) is 5.75 Å². The molecule has 6 N–H and O–H groups in total. The lowest BCUT2D eigenvalue weighted by Crippen LogP contribution is -2.54. The molecular formula is C30H38N6O9. The molecule has 242 valence electrons. The average molecular weight is 627 g/mol. The van der Waals surface area contributed by atoms with Crippen molar-refractivity contribution in [3.05, 3.63) is 76.9 Å². The average Bonchev–Trinajstić information content (AvgIpc) is 2.99. The van der Waals surface area contributed by atoms with Crippen LogP contribution in [0, 0.1) is 16.0 Å². The molecule has 0 fully saturated rings. The van der Waals surface area contributed by atoms with Gasteiger partial charge in [-0.15, -0.1) is 6.58 Å². The first kappa shape index (κ1) is 35.7. The first-order valence-electron chi connectivity index (χ1n) is 14.1. The van der Waals surface area contributed by atoms with Crippen LogP contribution >= 0.6 is 0 Å². The van der Waals surface area contributed by atoms with Gasteiger partial charge in [-0.1, -0.05) is 32.1 Å². The van der Waals surface area contributed by atoms with Gasteiger partial charge < -0.3 is 36.5 Å². The number of carbonyl (C=O) groups is 5. The first-order chi connectivity index (χ1) is 21.4. The van der Waals surface area contributed by atoms with Gasteiger partial charge in [0.15, 0.2) is 0 Å². The normalized spacial score (nSPS) is 11.8. The summed E-state index contributed by atoms with van der Waals surface area (Å²) in [4.78, 5) is 71.8. The lowest BCUT2D eigenvalue weighted by Gasteiger charge is -2.25. The molecule has 15 heteroatoms. The second-order valence-corrected chi connectivity index (χ2v) is 10.2. The van der Waals surface area contributed by atoms with Crippen molar-refractivity contribution in [2.24, 2.45) is 11.7 Å². The predicted molar refractivity (Wildman–Crippen MR) is 164 cm³/mol. The van der Waals surface area contributed by atoms with Crippen LogP contribution in [0.1, 0.15) is 45.1 Å². The highest BCUT2D eigenvalue weighted by Gasteiger charge is 2.28. The fourth-order valence-electron chi connectivity index (χ4n) is 3.88. The number of amides is 5. The minimum absolute atomic E-state index is 0.0745. The molecule has 0 unspecified atom stereocenters. The number of allylic oxidation sites excluding steroid dienone is 1. The van der Waals surface area contributed by atoms with E-state index in [1.54, 1.807) is 44.2 Å². The van der Waals surface area contributed by atoms with E-state index >= 15 is 0 Å². The minimum atomic E-state index is -1.01. The maximum atomic E-state index is 13.2. The number of carbonyl (C=O) groups excluding carboxylic acids is 5. The SMILES string of the molecule is C=CCCC(=O)N[C@H](C(=O)N[C@@H](CCCNC(N)=O)C(=O)Nc1ccc(COC(=O)Oc2ccc([N+](=O)[O-])cc2)cc1)C(C)C. The second-order valence-electron chi connectivity index (χ2n) is 10.2. The summed E-state index contributed by atoms with van der Waals surface area (Å²) >= 11 is 0. The molecule has 0 bridgehead atoms. The Bertz CT molecular complexity index is 1350. The summed E-state index contributed by atoms with van der Waals surface area (Å²) in [6.07, 6.45) is 1.70. The topological polar surface area (TPSA) is 221 Å². The van der Waals surface area contributed by atoms with Crippen molar-refractivity contribution < 1.29 is 38.4 Å². The van der Waals surface area contributed by atoms with Gasteiger partial charge in [-0.05, 0) is 55.0 Å². The molecule has 15 nitrogen and oxygen atoms in total. The van der Waals surface area contributed by atoms with Crippen LogP contribution in [-0.2, 0) is 25.7 Å². The van der Waals surface area contributed by atoms with Crippen molar-refractivity contribution >= 4 is 41.3 Å². The number of non-ortho nitro benzene ring substituents is 1. The Balaban J connectivity index is 2.00. The molecule has 0 aliphatic heterocycles. The second kappa shape index (κ2) is 18.3. The van der Waals surface area contributed by atoms with Crippen molar-refractivity contribution in [1.29, 1.82) is 0 Å². The molecular weight excluding hydrogens is 588 g/mol. The summed E-state index contributed by atoms with van der Waals surface area (Å²) in [5.74, 6) is -1.57. The zero-order valence-corrected chi connectivity index (χ0v) is 25.1. The van der Waals surface area contributed by atoms with Gasteiger partial charge in [0.2, 0.25) is 17.7 Å². The quantitative estimate of drug-likeness (QED) is 0.0433. The number of anilines is 1. The summed E-state index contributed by atoms with van der Waals surface area (Å²) in [6.45, 7) is 7.15. The molecule has 45 heavy (non-hydrogen) atoms. The Kier molecular flexibility index (Phi) is 14.5. The van der Waals surface area contributed by atoms with Crippen LogP contribution in [0.2, 0.25) is 0 Å². The van der Waals surface area contributed by atoms with Crippen molar-refractivity contribution in [2.45, 2.75) is 58.2 Å². The number of rotatable bonds is 17. The van der Waals surface area contributed by atoms with Crippen LogP contribution in [0.25, 0.3) is 0 Å². The number of hydrogen-bond acceptors (Lipinski definition) is 9. The van der Waals surface area contributed by atoms with Crippen molar-refractivity contribution in [1.82, 2.24) is 16.0 Å². The highest BCUT2D eigenvalue weighted by atomic mass is 16.7. The van der Waals surface area contributed by atoms with E-state index in [4.69, 9.17) is 15.2 Å². The first-order valence-corrected chi connectivity index (χ1v) is 14.1. The third-order valence-electron chi connectivity index (χ3n) is 6.27. The number of benzene rings is 2. The minimum Gasteiger partial charge on any atom is -0.429 e. The fourth-order valence-corrected chi connectivity index (χ4v) is 3.88.